The Labute approximate surface area is 175 Å². The van der Waals surface area contributed by atoms with Crippen LogP contribution in [0.5, 0.6) is 17.6 Å². The molecule has 30 heavy (non-hydrogen) atoms. The molecule has 7 heteroatoms. The van der Waals surface area contributed by atoms with Crippen LogP contribution in [0, 0.1) is 5.92 Å². The molecule has 0 spiro atoms. The Kier molecular flexibility index (Phi) is 6.49. The topological polar surface area (TPSA) is 74.0 Å². The largest absolute Gasteiger partial charge is 0.492 e. The summed E-state index contributed by atoms with van der Waals surface area (Å²) in [5.41, 5.74) is 1.45. The first-order valence-electron chi connectivity index (χ1n) is 10.4. The molecule has 158 valence electrons. The van der Waals surface area contributed by atoms with Gasteiger partial charge in [0.1, 0.15) is 23.6 Å². The smallest absolute Gasteiger partial charge is 0.400 e. The molecular weight excluding hydrogens is 384 g/mol. The number of oxazole rings is 1. The Bertz CT molecular complexity index is 936. The maximum absolute atomic E-state index is 11.9. The Morgan fingerprint density at radius 3 is 2.77 bits per heavy atom. The maximum Gasteiger partial charge on any atom is 0.400 e. The van der Waals surface area contributed by atoms with Crippen molar-refractivity contribution in [2.45, 2.75) is 19.8 Å². The van der Waals surface area contributed by atoms with Crippen molar-refractivity contribution in [2.24, 2.45) is 5.92 Å². The minimum absolute atomic E-state index is 0.0259. The van der Waals surface area contributed by atoms with E-state index in [-0.39, 0.29) is 18.0 Å². The lowest BCUT2D eigenvalue weighted by Gasteiger charge is -2.31. The van der Waals surface area contributed by atoms with Gasteiger partial charge in [-0.15, -0.1) is 0 Å². The Morgan fingerprint density at radius 2 is 1.97 bits per heavy atom. The van der Waals surface area contributed by atoms with Crippen molar-refractivity contribution in [3.8, 4) is 17.6 Å². The lowest BCUT2D eigenvalue weighted by Crippen LogP contribution is -2.41. The van der Waals surface area contributed by atoms with Crippen LogP contribution in [0.25, 0.3) is 11.1 Å². The zero-order valence-electron chi connectivity index (χ0n) is 17.1. The minimum Gasteiger partial charge on any atom is -0.492 e. The third-order valence-electron chi connectivity index (χ3n) is 5.10. The molecule has 0 aliphatic carbocycles. The van der Waals surface area contributed by atoms with Gasteiger partial charge >= 0.3 is 12.0 Å². The lowest BCUT2D eigenvalue weighted by molar-refractivity contribution is -0.150. The summed E-state index contributed by atoms with van der Waals surface area (Å²) in [6.45, 7) is 5.33. The highest BCUT2D eigenvalue weighted by atomic mass is 16.6. The summed E-state index contributed by atoms with van der Waals surface area (Å²) in [5.74, 6) is 1.28. The predicted octanol–water partition coefficient (Wildman–Crippen LogP) is 4.27. The standard InChI is InChI=1S/C23H26N2O5/c1-2-27-22(26)17-6-5-13-25(16-17)14-15-28-18-9-11-19(12-10-18)29-23-24-20-7-3-4-8-21(20)30-23/h3-4,7-12,17H,2,5-6,13-16H2,1H3. The molecule has 0 N–H and O–H groups in total. The van der Waals surface area contributed by atoms with E-state index in [1.54, 1.807) is 0 Å². The number of hydrogen-bond acceptors (Lipinski definition) is 7. The number of benzene rings is 2. The van der Waals surface area contributed by atoms with Gasteiger partial charge in [0.05, 0.1) is 12.5 Å². The average Bonchev–Trinajstić information content (AvgIpc) is 3.18. The molecule has 2 heterocycles. The van der Waals surface area contributed by atoms with Gasteiger partial charge in [0, 0.05) is 13.1 Å². The Morgan fingerprint density at radius 1 is 1.17 bits per heavy atom. The molecule has 1 fully saturated rings. The van der Waals surface area contributed by atoms with Gasteiger partial charge in [-0.2, -0.15) is 4.98 Å². The lowest BCUT2D eigenvalue weighted by atomic mass is 9.98. The van der Waals surface area contributed by atoms with Crippen molar-refractivity contribution in [3.05, 3.63) is 48.5 Å². The van der Waals surface area contributed by atoms with Crippen LogP contribution in [0.15, 0.2) is 52.9 Å². The molecule has 1 saturated heterocycles. The molecule has 1 aromatic heterocycles. The summed E-state index contributed by atoms with van der Waals surface area (Å²) >= 11 is 0. The Hall–Kier alpha value is -3.06. The quantitative estimate of drug-likeness (QED) is 0.513. The summed E-state index contributed by atoms with van der Waals surface area (Å²) in [4.78, 5) is 18.5. The van der Waals surface area contributed by atoms with Crippen molar-refractivity contribution in [2.75, 3.05) is 32.8 Å². The number of rotatable bonds is 8. The monoisotopic (exact) mass is 410 g/mol. The number of carbonyl (C=O) groups is 1. The molecule has 0 radical (unpaired) electrons. The molecule has 0 saturated carbocycles. The number of likely N-dealkylation sites (tertiary alicyclic amines) is 1. The van der Waals surface area contributed by atoms with E-state index < -0.39 is 0 Å². The van der Waals surface area contributed by atoms with Crippen molar-refractivity contribution in [3.63, 3.8) is 0 Å². The number of para-hydroxylation sites is 2. The van der Waals surface area contributed by atoms with E-state index in [2.05, 4.69) is 9.88 Å². The maximum atomic E-state index is 11.9. The van der Waals surface area contributed by atoms with Crippen molar-refractivity contribution >= 4 is 17.1 Å². The minimum atomic E-state index is -0.0855. The third-order valence-corrected chi connectivity index (χ3v) is 5.10. The van der Waals surface area contributed by atoms with Gasteiger partial charge in [-0.05, 0) is 62.7 Å². The van der Waals surface area contributed by atoms with Crippen LogP contribution in [-0.2, 0) is 9.53 Å². The molecule has 1 atom stereocenters. The van der Waals surface area contributed by atoms with E-state index in [1.807, 2.05) is 55.5 Å². The molecule has 3 aromatic rings. The fraction of sp³-hybridized carbons (Fsp3) is 0.391. The predicted molar refractivity (Wildman–Crippen MR) is 112 cm³/mol. The molecule has 2 aromatic carbocycles. The fourth-order valence-electron chi connectivity index (χ4n) is 3.60. The Balaban J connectivity index is 1.24. The number of ether oxygens (including phenoxy) is 3. The van der Waals surface area contributed by atoms with E-state index in [9.17, 15) is 4.79 Å². The summed E-state index contributed by atoms with van der Waals surface area (Å²) in [6, 6.07) is 14.9. The highest BCUT2D eigenvalue weighted by Crippen LogP contribution is 2.26. The first-order valence-corrected chi connectivity index (χ1v) is 10.4. The summed E-state index contributed by atoms with van der Waals surface area (Å²) in [7, 11) is 0. The van der Waals surface area contributed by atoms with Gasteiger partial charge in [0.25, 0.3) is 0 Å². The van der Waals surface area contributed by atoms with Crippen LogP contribution in [0.4, 0.5) is 0 Å². The molecular formula is C23H26N2O5. The van der Waals surface area contributed by atoms with Crippen LogP contribution in [0.3, 0.4) is 0 Å². The van der Waals surface area contributed by atoms with Crippen molar-refractivity contribution in [1.29, 1.82) is 0 Å². The van der Waals surface area contributed by atoms with Crippen LogP contribution in [0.1, 0.15) is 19.8 Å². The summed E-state index contributed by atoms with van der Waals surface area (Å²) in [6.07, 6.45) is 2.12. The van der Waals surface area contributed by atoms with Gasteiger partial charge in [-0.3, -0.25) is 9.69 Å². The van der Waals surface area contributed by atoms with Crippen LogP contribution in [-0.4, -0.2) is 48.7 Å². The van der Waals surface area contributed by atoms with E-state index in [0.29, 0.717) is 24.5 Å². The number of fused-ring (bicyclic) bond motifs is 1. The first-order chi connectivity index (χ1) is 14.7. The number of carbonyl (C=O) groups excluding carboxylic acids is 1. The molecule has 0 bridgehead atoms. The van der Waals surface area contributed by atoms with Crippen molar-refractivity contribution in [1.82, 2.24) is 9.88 Å². The van der Waals surface area contributed by atoms with E-state index >= 15 is 0 Å². The average molecular weight is 410 g/mol. The molecule has 7 nitrogen and oxygen atoms in total. The third kappa shape index (κ3) is 5.10. The highest BCUT2D eigenvalue weighted by Gasteiger charge is 2.26. The molecule has 1 aliphatic rings. The van der Waals surface area contributed by atoms with Gasteiger partial charge in [0.2, 0.25) is 0 Å². The van der Waals surface area contributed by atoms with E-state index in [4.69, 9.17) is 18.6 Å². The molecule has 4 rings (SSSR count). The summed E-state index contributed by atoms with van der Waals surface area (Å²) < 4.78 is 22.3. The van der Waals surface area contributed by atoms with Gasteiger partial charge in [-0.25, -0.2) is 0 Å². The number of esters is 1. The highest BCUT2D eigenvalue weighted by molar-refractivity contribution is 5.73. The first kappa shape index (κ1) is 20.2. The zero-order chi connectivity index (χ0) is 20.8. The van der Waals surface area contributed by atoms with Crippen molar-refractivity contribution < 1.29 is 23.4 Å². The van der Waals surface area contributed by atoms with Crippen LogP contribution >= 0.6 is 0 Å². The second-order valence-electron chi connectivity index (χ2n) is 7.26. The number of hydrogen-bond donors (Lipinski definition) is 0. The van der Waals surface area contributed by atoms with Crippen LogP contribution in [0.2, 0.25) is 0 Å². The zero-order valence-corrected chi connectivity index (χ0v) is 17.1. The van der Waals surface area contributed by atoms with Gasteiger partial charge in [0.15, 0.2) is 5.58 Å². The van der Waals surface area contributed by atoms with Gasteiger partial charge in [-0.1, -0.05) is 12.1 Å². The normalized spacial score (nSPS) is 17.0. The molecule has 0 amide bonds. The van der Waals surface area contributed by atoms with E-state index in [0.717, 1.165) is 43.7 Å². The van der Waals surface area contributed by atoms with Crippen LogP contribution < -0.4 is 9.47 Å². The SMILES string of the molecule is CCOC(=O)C1CCCN(CCOc2ccc(Oc3nc4ccccc4o3)cc2)C1. The second-order valence-corrected chi connectivity index (χ2v) is 7.26. The number of piperidine rings is 1. The second kappa shape index (κ2) is 9.63. The van der Waals surface area contributed by atoms with Gasteiger partial charge < -0.3 is 18.6 Å². The number of nitrogens with zero attached hydrogens (tertiary/aromatic N) is 2. The summed E-state index contributed by atoms with van der Waals surface area (Å²) in [5, 5.41) is 0. The molecule has 1 aliphatic heterocycles. The fourth-order valence-corrected chi connectivity index (χ4v) is 3.60. The number of aromatic nitrogens is 1. The van der Waals surface area contributed by atoms with E-state index in [1.165, 1.54) is 0 Å². The molecule has 1 unspecified atom stereocenters.